The summed E-state index contributed by atoms with van der Waals surface area (Å²) in [7, 11) is -0.895. The molecule has 1 heterocycles. The normalized spacial score (nSPS) is 12.4. The number of nitrogens with one attached hydrogen (secondary N) is 1. The maximum absolute atomic E-state index is 11.3. The second kappa shape index (κ2) is 6.70. The Morgan fingerprint density at radius 1 is 1.40 bits per heavy atom. The summed E-state index contributed by atoms with van der Waals surface area (Å²) in [5, 5.41) is 5.11. The molecule has 0 aliphatic rings. The highest BCUT2D eigenvalue weighted by molar-refractivity contribution is 7.83. The van der Waals surface area contributed by atoms with Crippen LogP contribution in [-0.2, 0) is 23.1 Å². The van der Waals surface area contributed by atoms with Gasteiger partial charge in [0.2, 0.25) is 0 Å². The summed E-state index contributed by atoms with van der Waals surface area (Å²) in [6.45, 7) is 4.78. The molecule has 1 aromatic heterocycles. The minimum Gasteiger partial charge on any atom is -0.380 e. The molecule has 0 bridgehead atoms. The molecule has 0 saturated carbocycles. The maximum Gasteiger partial charge on any atom is 0.0900 e. The van der Waals surface area contributed by atoms with E-state index in [0.29, 0.717) is 10.8 Å². The van der Waals surface area contributed by atoms with Gasteiger partial charge in [-0.05, 0) is 37.6 Å². The summed E-state index contributed by atoms with van der Waals surface area (Å²) in [5.74, 6) is 0.479. The monoisotopic (exact) mass is 328 g/mol. The van der Waals surface area contributed by atoms with E-state index < -0.39 is 10.8 Å². The van der Waals surface area contributed by atoms with E-state index in [9.17, 15) is 4.21 Å². The van der Waals surface area contributed by atoms with Crippen LogP contribution < -0.4 is 5.32 Å². The van der Waals surface area contributed by atoms with Crippen molar-refractivity contribution >= 4 is 39.4 Å². The summed E-state index contributed by atoms with van der Waals surface area (Å²) >= 11 is 7.82. The molecule has 1 atom stereocenters. The number of hydrogen-bond donors (Lipinski definition) is 1. The van der Waals surface area contributed by atoms with Crippen molar-refractivity contribution in [3.8, 4) is 0 Å². The molecule has 0 aliphatic heterocycles. The quantitative estimate of drug-likeness (QED) is 0.905. The van der Waals surface area contributed by atoms with Crippen LogP contribution in [0.3, 0.4) is 0 Å². The van der Waals surface area contributed by atoms with Gasteiger partial charge in [0.1, 0.15) is 0 Å². The molecular formula is C14H17ClN2OS2. The van der Waals surface area contributed by atoms with Gasteiger partial charge in [-0.1, -0.05) is 11.6 Å². The molecule has 108 valence electrons. The number of rotatable bonds is 5. The van der Waals surface area contributed by atoms with Crippen molar-refractivity contribution in [1.82, 2.24) is 4.98 Å². The van der Waals surface area contributed by atoms with Crippen LogP contribution in [0, 0.1) is 13.8 Å². The highest BCUT2D eigenvalue weighted by Gasteiger charge is 2.07. The van der Waals surface area contributed by atoms with Crippen molar-refractivity contribution in [2.45, 2.75) is 26.1 Å². The molecule has 20 heavy (non-hydrogen) atoms. The molecule has 0 radical (unpaired) electrons. The molecule has 0 aliphatic carbocycles. The van der Waals surface area contributed by atoms with Gasteiger partial charge in [-0.15, -0.1) is 11.3 Å². The van der Waals surface area contributed by atoms with Crippen molar-refractivity contribution in [3.63, 3.8) is 0 Å². The highest BCUT2D eigenvalue weighted by Crippen LogP contribution is 2.23. The molecule has 0 unspecified atom stereocenters. The third-order valence-corrected chi connectivity index (χ3v) is 5.02. The Morgan fingerprint density at radius 2 is 2.15 bits per heavy atom. The highest BCUT2D eigenvalue weighted by atomic mass is 35.5. The Bertz CT molecular complexity index is 640. The van der Waals surface area contributed by atoms with Crippen LogP contribution in [0.4, 0.5) is 5.69 Å². The summed E-state index contributed by atoms with van der Waals surface area (Å²) < 4.78 is 11.3. The number of thiazole rings is 1. The van der Waals surface area contributed by atoms with Gasteiger partial charge in [0.05, 0.1) is 17.2 Å². The van der Waals surface area contributed by atoms with Crippen LogP contribution in [0.5, 0.6) is 0 Å². The smallest absolute Gasteiger partial charge is 0.0900 e. The fourth-order valence-electron chi connectivity index (χ4n) is 1.93. The van der Waals surface area contributed by atoms with Gasteiger partial charge in [-0.25, -0.2) is 4.98 Å². The average molecular weight is 329 g/mol. The van der Waals surface area contributed by atoms with Gasteiger partial charge in [-0.2, -0.15) is 0 Å². The second-order valence-electron chi connectivity index (χ2n) is 4.62. The molecule has 2 aromatic rings. The topological polar surface area (TPSA) is 42.0 Å². The average Bonchev–Trinajstić information content (AvgIpc) is 2.68. The van der Waals surface area contributed by atoms with Crippen LogP contribution >= 0.6 is 22.9 Å². The Kier molecular flexibility index (Phi) is 5.18. The zero-order valence-corrected chi connectivity index (χ0v) is 14.1. The van der Waals surface area contributed by atoms with Gasteiger partial charge < -0.3 is 5.32 Å². The lowest BCUT2D eigenvalue weighted by molar-refractivity contribution is 0.686. The molecule has 0 saturated heterocycles. The molecule has 6 heteroatoms. The van der Waals surface area contributed by atoms with Gasteiger partial charge in [-0.3, -0.25) is 4.21 Å². The molecule has 1 aromatic carbocycles. The van der Waals surface area contributed by atoms with E-state index in [1.807, 2.05) is 32.0 Å². The van der Waals surface area contributed by atoms with E-state index in [2.05, 4.69) is 10.3 Å². The molecular weight excluding hydrogens is 312 g/mol. The minimum atomic E-state index is -0.895. The summed E-state index contributed by atoms with van der Waals surface area (Å²) in [6, 6.07) is 5.75. The maximum atomic E-state index is 11.3. The Labute approximate surface area is 130 Å². The van der Waals surface area contributed by atoms with Crippen LogP contribution in [0.1, 0.15) is 21.1 Å². The lowest BCUT2D eigenvalue weighted by atomic mass is 10.2. The van der Waals surface area contributed by atoms with Crippen LogP contribution in [0.2, 0.25) is 5.02 Å². The van der Waals surface area contributed by atoms with E-state index in [0.717, 1.165) is 28.5 Å². The SMILES string of the molecule is Cc1nc(C)c(CNc2ccc(Cl)c(C[S@](C)=O)c2)s1. The Morgan fingerprint density at radius 3 is 2.75 bits per heavy atom. The molecule has 0 fully saturated rings. The Balaban J connectivity index is 2.10. The Hall–Kier alpha value is -0.910. The second-order valence-corrected chi connectivity index (χ2v) is 7.75. The molecule has 3 nitrogen and oxygen atoms in total. The first kappa shape index (κ1) is 15.5. The van der Waals surface area contributed by atoms with E-state index >= 15 is 0 Å². The van der Waals surface area contributed by atoms with E-state index in [4.69, 9.17) is 11.6 Å². The van der Waals surface area contributed by atoms with Gasteiger partial charge in [0.25, 0.3) is 0 Å². The van der Waals surface area contributed by atoms with E-state index in [1.54, 1.807) is 17.6 Å². The lowest BCUT2D eigenvalue weighted by Gasteiger charge is -2.09. The van der Waals surface area contributed by atoms with Crippen LogP contribution in [-0.4, -0.2) is 15.4 Å². The van der Waals surface area contributed by atoms with E-state index in [-0.39, 0.29) is 0 Å². The predicted molar refractivity (Wildman–Crippen MR) is 88.1 cm³/mol. The standard InChI is InChI=1S/C14H17ClN2OS2/c1-9-14(19-10(2)17-9)7-16-12-4-5-13(15)11(6-12)8-20(3)18/h4-6,16H,7-8H2,1-3H3/t20-/m0/s1. The van der Waals surface area contributed by atoms with Crippen LogP contribution in [0.25, 0.3) is 0 Å². The van der Waals surface area contributed by atoms with E-state index in [1.165, 1.54) is 4.88 Å². The first-order valence-electron chi connectivity index (χ1n) is 6.21. The largest absolute Gasteiger partial charge is 0.380 e. The summed E-state index contributed by atoms with van der Waals surface area (Å²) in [4.78, 5) is 5.65. The number of hydrogen-bond acceptors (Lipinski definition) is 4. The zero-order chi connectivity index (χ0) is 14.7. The third-order valence-electron chi connectivity index (χ3n) is 2.86. The number of anilines is 1. The molecule has 1 N–H and O–H groups in total. The number of halogens is 1. The number of nitrogens with zero attached hydrogens (tertiary/aromatic N) is 1. The first-order valence-corrected chi connectivity index (χ1v) is 9.13. The number of aryl methyl sites for hydroxylation is 2. The predicted octanol–water partition coefficient (Wildman–Crippen LogP) is 3.90. The third kappa shape index (κ3) is 4.04. The van der Waals surface area contributed by atoms with Crippen molar-refractivity contribution in [2.75, 3.05) is 11.6 Å². The molecule has 0 amide bonds. The van der Waals surface area contributed by atoms with Crippen molar-refractivity contribution in [2.24, 2.45) is 0 Å². The van der Waals surface area contributed by atoms with Crippen molar-refractivity contribution in [3.05, 3.63) is 44.4 Å². The summed E-state index contributed by atoms with van der Waals surface area (Å²) in [5.41, 5.74) is 2.97. The molecule has 2 rings (SSSR count). The van der Waals surface area contributed by atoms with Gasteiger partial charge in [0.15, 0.2) is 0 Å². The minimum absolute atomic E-state index is 0.479. The number of benzene rings is 1. The van der Waals surface area contributed by atoms with Crippen molar-refractivity contribution in [1.29, 1.82) is 0 Å². The fourth-order valence-corrected chi connectivity index (χ4v) is 3.75. The zero-order valence-electron chi connectivity index (χ0n) is 11.7. The first-order chi connectivity index (χ1) is 9.45. The fraction of sp³-hybridized carbons (Fsp3) is 0.357. The molecule has 0 spiro atoms. The summed E-state index contributed by atoms with van der Waals surface area (Å²) in [6.07, 6.45) is 1.68. The van der Waals surface area contributed by atoms with Crippen LogP contribution in [0.15, 0.2) is 18.2 Å². The van der Waals surface area contributed by atoms with Gasteiger partial charge >= 0.3 is 0 Å². The lowest BCUT2D eigenvalue weighted by Crippen LogP contribution is -2.01. The van der Waals surface area contributed by atoms with Crippen molar-refractivity contribution < 1.29 is 4.21 Å². The number of aromatic nitrogens is 1. The van der Waals surface area contributed by atoms with Gasteiger partial charge in [0, 0.05) is 38.4 Å².